The van der Waals surface area contributed by atoms with E-state index >= 15 is 0 Å². The fraction of sp³-hybridized carbons (Fsp3) is 0.0909. The zero-order chi connectivity index (χ0) is 35.6. The van der Waals surface area contributed by atoms with Crippen LogP contribution >= 0.6 is 0 Å². The Bertz CT molecular complexity index is 2340. The molecule has 0 atom stereocenters. The van der Waals surface area contributed by atoms with Crippen LogP contribution in [0.2, 0.25) is 0 Å². The molecule has 0 unspecified atom stereocenters. The summed E-state index contributed by atoms with van der Waals surface area (Å²) >= 11 is 0. The van der Waals surface area contributed by atoms with Gasteiger partial charge in [-0.05, 0) is 95.5 Å². The van der Waals surface area contributed by atoms with Crippen molar-refractivity contribution >= 4 is 0 Å². The highest BCUT2D eigenvalue weighted by molar-refractivity contribution is 5.92. The minimum Gasteiger partial charge on any atom is -0.126 e. The van der Waals surface area contributed by atoms with E-state index in [1.54, 1.807) is 0 Å². The van der Waals surface area contributed by atoms with Crippen LogP contribution in [0.5, 0.6) is 0 Å². The number of benzene rings is 6. The van der Waals surface area contributed by atoms with E-state index in [0.717, 1.165) is 77.9 Å². The summed E-state index contributed by atoms with van der Waals surface area (Å²) in [6.07, 6.45) is 0. The third kappa shape index (κ3) is 6.22. The van der Waals surface area contributed by atoms with Crippen LogP contribution in [-0.4, -0.2) is 40.8 Å². The molecule has 2 heterocycles. The van der Waals surface area contributed by atoms with Crippen LogP contribution in [0.15, 0.2) is 133 Å². The minimum absolute atomic E-state index is 0.472. The molecule has 8 rings (SSSR count). The maximum atomic E-state index is 4.49. The molecule has 8 aromatic rings. The van der Waals surface area contributed by atoms with Gasteiger partial charge in [0, 0.05) is 22.3 Å². The molecule has 0 saturated heterocycles. The first kappa shape index (κ1) is 32.4. The molecule has 52 heavy (non-hydrogen) atoms. The highest BCUT2D eigenvalue weighted by Crippen LogP contribution is 2.39. The summed E-state index contributed by atoms with van der Waals surface area (Å²) in [7, 11) is 0. The number of nitrogens with zero attached hydrogens (tertiary/aromatic N) is 8. The van der Waals surface area contributed by atoms with Crippen molar-refractivity contribution in [2.45, 2.75) is 27.7 Å². The Morgan fingerprint density at radius 3 is 0.923 bits per heavy atom. The van der Waals surface area contributed by atoms with E-state index in [1.165, 1.54) is 0 Å². The van der Waals surface area contributed by atoms with Crippen molar-refractivity contribution < 1.29 is 0 Å². The van der Waals surface area contributed by atoms with Crippen molar-refractivity contribution in [1.82, 2.24) is 40.8 Å². The van der Waals surface area contributed by atoms with E-state index in [2.05, 4.69) is 114 Å². The van der Waals surface area contributed by atoms with Crippen LogP contribution < -0.4 is 0 Å². The number of hydrogen-bond donors (Lipinski definition) is 0. The van der Waals surface area contributed by atoms with Gasteiger partial charge >= 0.3 is 0 Å². The Hall–Kier alpha value is -6.80. The second-order valence-electron chi connectivity index (χ2n) is 12.9. The zero-order valence-electron chi connectivity index (χ0n) is 29.3. The molecule has 8 nitrogen and oxygen atoms in total. The van der Waals surface area contributed by atoms with Crippen molar-refractivity contribution in [1.29, 1.82) is 0 Å². The lowest BCUT2D eigenvalue weighted by Crippen LogP contribution is -2.01. The van der Waals surface area contributed by atoms with E-state index in [4.69, 9.17) is 0 Å². The Balaban J connectivity index is 1.12. The number of rotatable bonds is 7. The minimum atomic E-state index is 0.472. The molecule has 0 bridgehead atoms. The van der Waals surface area contributed by atoms with Crippen LogP contribution in [0.3, 0.4) is 0 Å². The lowest BCUT2D eigenvalue weighted by atomic mass is 9.88. The lowest BCUT2D eigenvalue weighted by molar-refractivity contribution is 0.874. The van der Waals surface area contributed by atoms with E-state index in [-0.39, 0.29) is 0 Å². The molecule has 0 aliphatic carbocycles. The number of aromatic nitrogens is 8. The van der Waals surface area contributed by atoms with E-state index < -0.39 is 0 Å². The summed E-state index contributed by atoms with van der Waals surface area (Å²) in [5, 5.41) is 35.9. The van der Waals surface area contributed by atoms with Crippen molar-refractivity contribution in [3.05, 3.63) is 156 Å². The second kappa shape index (κ2) is 13.8. The maximum Gasteiger partial charge on any atom is 0.204 e. The van der Waals surface area contributed by atoms with Crippen molar-refractivity contribution in [3.63, 3.8) is 0 Å². The van der Waals surface area contributed by atoms with Gasteiger partial charge in [0.05, 0.1) is 0 Å². The summed E-state index contributed by atoms with van der Waals surface area (Å²) in [6, 6.07) is 45.5. The zero-order valence-corrected chi connectivity index (χ0v) is 29.3. The molecule has 0 amide bonds. The van der Waals surface area contributed by atoms with Crippen molar-refractivity contribution in [2.24, 2.45) is 0 Å². The molecule has 2 aromatic heterocycles. The summed E-state index contributed by atoms with van der Waals surface area (Å²) in [4.78, 5) is 0. The van der Waals surface area contributed by atoms with Crippen molar-refractivity contribution in [3.8, 4) is 78.9 Å². The molecule has 0 N–H and O–H groups in total. The normalized spacial score (nSPS) is 11.1. The van der Waals surface area contributed by atoms with Gasteiger partial charge in [0.1, 0.15) is 0 Å². The summed E-state index contributed by atoms with van der Waals surface area (Å²) in [5.41, 5.74) is 14.4. The molecule has 0 fully saturated rings. The summed E-state index contributed by atoms with van der Waals surface area (Å²) in [5.74, 6) is 1.99. The van der Waals surface area contributed by atoms with Gasteiger partial charge in [-0.3, -0.25) is 0 Å². The first-order valence-electron chi connectivity index (χ1n) is 17.1. The maximum absolute atomic E-state index is 4.49. The monoisotopic (exact) mass is 674 g/mol. The van der Waals surface area contributed by atoms with Gasteiger partial charge < -0.3 is 0 Å². The molecular formula is C44H34N8. The van der Waals surface area contributed by atoms with E-state index in [1.807, 2.05) is 88.4 Å². The van der Waals surface area contributed by atoms with Gasteiger partial charge in [0.15, 0.2) is 0 Å². The molecule has 6 aromatic carbocycles. The van der Waals surface area contributed by atoms with E-state index in [0.29, 0.717) is 23.3 Å². The Morgan fingerprint density at radius 1 is 0.269 bits per heavy atom. The third-order valence-electron chi connectivity index (χ3n) is 9.38. The molecule has 250 valence electrons. The Morgan fingerprint density at radius 2 is 0.558 bits per heavy atom. The van der Waals surface area contributed by atoms with Gasteiger partial charge in [0.25, 0.3) is 0 Å². The first-order chi connectivity index (χ1) is 25.4. The highest BCUT2D eigenvalue weighted by Gasteiger charge is 2.16. The standard InChI is InChI=1S/C44H34N8/c1-27-13-9-14-28(2)39(27)43-49-45-41(46-50-43)33-19-11-17-31(25-33)35-21-5-7-23-37(35)38-24-8-6-22-36(38)32-18-12-20-34(26-32)42-47-51-44(52-48-42)40-29(3)15-10-16-30(40)4/h5-26H,1-4H3. The van der Waals surface area contributed by atoms with Gasteiger partial charge in [-0.15, -0.1) is 40.8 Å². The van der Waals surface area contributed by atoms with Gasteiger partial charge in [-0.1, -0.05) is 121 Å². The number of aryl methyl sites for hydroxylation is 4. The molecule has 0 saturated carbocycles. The van der Waals surface area contributed by atoms with Gasteiger partial charge in [-0.25, -0.2) is 0 Å². The smallest absolute Gasteiger partial charge is 0.126 e. The largest absolute Gasteiger partial charge is 0.204 e. The molecular weight excluding hydrogens is 641 g/mol. The first-order valence-corrected chi connectivity index (χ1v) is 17.1. The average molecular weight is 675 g/mol. The number of hydrogen-bond acceptors (Lipinski definition) is 8. The molecule has 0 spiro atoms. The summed E-state index contributed by atoms with van der Waals surface area (Å²) in [6.45, 7) is 8.19. The molecule has 8 heteroatoms. The predicted octanol–water partition coefficient (Wildman–Crippen LogP) is 9.75. The molecule has 0 aliphatic rings. The topological polar surface area (TPSA) is 103 Å². The fourth-order valence-electron chi connectivity index (χ4n) is 6.82. The van der Waals surface area contributed by atoms with Crippen LogP contribution in [0.4, 0.5) is 0 Å². The van der Waals surface area contributed by atoms with Crippen LogP contribution in [0, 0.1) is 27.7 Å². The third-order valence-corrected chi connectivity index (χ3v) is 9.38. The average Bonchev–Trinajstić information content (AvgIpc) is 3.18. The highest BCUT2D eigenvalue weighted by atomic mass is 15.3. The predicted molar refractivity (Wildman–Crippen MR) is 206 cm³/mol. The Kier molecular flexibility index (Phi) is 8.63. The van der Waals surface area contributed by atoms with Crippen molar-refractivity contribution in [2.75, 3.05) is 0 Å². The van der Waals surface area contributed by atoms with Gasteiger partial charge in [-0.2, -0.15) is 0 Å². The molecule has 0 radical (unpaired) electrons. The van der Waals surface area contributed by atoms with Crippen LogP contribution in [0.25, 0.3) is 78.9 Å². The van der Waals surface area contributed by atoms with Crippen LogP contribution in [0.1, 0.15) is 22.3 Å². The lowest BCUT2D eigenvalue weighted by Gasteiger charge is -2.15. The van der Waals surface area contributed by atoms with Gasteiger partial charge in [0.2, 0.25) is 23.3 Å². The van der Waals surface area contributed by atoms with Crippen LogP contribution in [-0.2, 0) is 0 Å². The SMILES string of the molecule is Cc1cccc(C)c1-c1nnc(-c2cccc(-c3ccccc3-c3ccccc3-c3cccc(-c4nnc(-c5c(C)cccc5C)nn4)c3)c2)nn1. The Labute approximate surface area is 302 Å². The molecule has 0 aliphatic heterocycles. The summed E-state index contributed by atoms with van der Waals surface area (Å²) < 4.78 is 0. The fourth-order valence-corrected chi connectivity index (χ4v) is 6.82. The second-order valence-corrected chi connectivity index (χ2v) is 12.9. The van der Waals surface area contributed by atoms with E-state index in [9.17, 15) is 0 Å². The quantitative estimate of drug-likeness (QED) is 0.165.